The molecular formula is C12H16F2N2O2. The molecule has 1 amide bonds. The van der Waals surface area contributed by atoms with Gasteiger partial charge in [0.05, 0.1) is 12.5 Å². The van der Waals surface area contributed by atoms with Crippen LogP contribution < -0.4 is 11.1 Å². The van der Waals surface area contributed by atoms with Gasteiger partial charge in [-0.25, -0.2) is 8.78 Å². The number of ether oxygens (including phenoxy) is 1. The number of aryl methyl sites for hydroxylation is 1. The second-order valence-electron chi connectivity index (χ2n) is 3.90. The van der Waals surface area contributed by atoms with Crippen molar-refractivity contribution in [2.75, 3.05) is 19.0 Å². The first-order valence-electron chi connectivity index (χ1n) is 5.47. The van der Waals surface area contributed by atoms with Crippen molar-refractivity contribution in [2.45, 2.75) is 19.4 Å². The quantitative estimate of drug-likeness (QED) is 0.842. The Morgan fingerprint density at radius 2 is 2.17 bits per heavy atom. The number of carbonyl (C=O) groups excluding carboxylic acids is 1. The third-order valence-electron chi connectivity index (χ3n) is 2.56. The number of methoxy groups -OCH3 is 1. The Balaban J connectivity index is 2.79. The minimum atomic E-state index is -0.812. The molecule has 0 saturated carbocycles. The first-order chi connectivity index (χ1) is 8.49. The van der Waals surface area contributed by atoms with Crippen molar-refractivity contribution in [3.05, 3.63) is 29.3 Å². The molecule has 0 radical (unpaired) electrons. The van der Waals surface area contributed by atoms with E-state index < -0.39 is 29.3 Å². The highest BCUT2D eigenvalue weighted by atomic mass is 19.1. The molecule has 0 bridgehead atoms. The van der Waals surface area contributed by atoms with Crippen LogP contribution in [0.15, 0.2) is 12.1 Å². The zero-order chi connectivity index (χ0) is 13.7. The van der Waals surface area contributed by atoms with Gasteiger partial charge < -0.3 is 15.8 Å². The summed E-state index contributed by atoms with van der Waals surface area (Å²) in [6.07, 6.45) is -0.527. The summed E-state index contributed by atoms with van der Waals surface area (Å²) in [5.41, 5.74) is 5.18. The molecule has 0 fully saturated rings. The van der Waals surface area contributed by atoms with Crippen molar-refractivity contribution >= 4 is 11.6 Å². The van der Waals surface area contributed by atoms with Gasteiger partial charge in [-0.3, -0.25) is 4.79 Å². The molecule has 3 N–H and O–H groups in total. The third-order valence-corrected chi connectivity index (χ3v) is 2.56. The lowest BCUT2D eigenvalue weighted by atomic mass is 10.2. The maximum absolute atomic E-state index is 13.6. The number of rotatable bonds is 5. The van der Waals surface area contributed by atoms with Crippen molar-refractivity contribution in [3.8, 4) is 0 Å². The number of nitrogens with two attached hydrogens (primary N) is 1. The summed E-state index contributed by atoms with van der Waals surface area (Å²) in [4.78, 5) is 11.6. The van der Waals surface area contributed by atoms with Crippen molar-refractivity contribution < 1.29 is 18.3 Å². The SMILES string of the molecule is COC(CN)CC(=O)Nc1c(F)ccc(C)c1F. The van der Waals surface area contributed by atoms with E-state index >= 15 is 0 Å². The van der Waals surface area contributed by atoms with Crippen LogP contribution in [0.5, 0.6) is 0 Å². The fourth-order valence-electron chi connectivity index (χ4n) is 1.43. The lowest BCUT2D eigenvalue weighted by molar-refractivity contribution is -0.118. The topological polar surface area (TPSA) is 64.3 Å². The molecule has 18 heavy (non-hydrogen) atoms. The van der Waals surface area contributed by atoms with Gasteiger partial charge in [-0.1, -0.05) is 6.07 Å². The Morgan fingerprint density at radius 1 is 1.50 bits per heavy atom. The van der Waals surface area contributed by atoms with Gasteiger partial charge in [0.25, 0.3) is 0 Å². The average Bonchev–Trinajstić information content (AvgIpc) is 2.36. The molecule has 0 saturated heterocycles. The van der Waals surface area contributed by atoms with Crippen LogP contribution in [0.4, 0.5) is 14.5 Å². The molecule has 1 unspecified atom stereocenters. The van der Waals surface area contributed by atoms with E-state index in [1.807, 2.05) is 0 Å². The first-order valence-corrected chi connectivity index (χ1v) is 5.47. The van der Waals surface area contributed by atoms with Crippen molar-refractivity contribution in [1.82, 2.24) is 0 Å². The van der Waals surface area contributed by atoms with Crippen molar-refractivity contribution in [1.29, 1.82) is 0 Å². The maximum Gasteiger partial charge on any atom is 0.227 e. The zero-order valence-corrected chi connectivity index (χ0v) is 10.3. The molecule has 0 aliphatic heterocycles. The second-order valence-corrected chi connectivity index (χ2v) is 3.90. The summed E-state index contributed by atoms with van der Waals surface area (Å²) in [6.45, 7) is 1.64. The van der Waals surface area contributed by atoms with E-state index in [1.165, 1.54) is 20.1 Å². The molecule has 4 nitrogen and oxygen atoms in total. The van der Waals surface area contributed by atoms with E-state index in [9.17, 15) is 13.6 Å². The van der Waals surface area contributed by atoms with Gasteiger partial charge in [-0.05, 0) is 18.6 Å². The van der Waals surface area contributed by atoms with Crippen LogP contribution in [0.1, 0.15) is 12.0 Å². The Bertz CT molecular complexity index is 434. The van der Waals surface area contributed by atoms with Crippen LogP contribution in [-0.2, 0) is 9.53 Å². The van der Waals surface area contributed by atoms with Crippen LogP contribution in [0, 0.1) is 18.6 Å². The molecule has 1 rings (SSSR count). The summed E-state index contributed by atoms with van der Waals surface area (Å²) in [5, 5.41) is 2.19. The smallest absolute Gasteiger partial charge is 0.227 e. The number of halogens is 2. The molecular weight excluding hydrogens is 242 g/mol. The molecule has 0 heterocycles. The molecule has 1 aromatic rings. The number of hydrogen-bond donors (Lipinski definition) is 2. The lowest BCUT2D eigenvalue weighted by Crippen LogP contribution is -2.28. The first kappa shape index (κ1) is 14.5. The van der Waals surface area contributed by atoms with Crippen molar-refractivity contribution in [2.24, 2.45) is 5.73 Å². The Hall–Kier alpha value is -1.53. The summed E-state index contributed by atoms with van der Waals surface area (Å²) < 4.78 is 31.9. The Labute approximate surface area is 104 Å². The van der Waals surface area contributed by atoms with E-state index in [0.717, 1.165) is 6.07 Å². The number of amides is 1. The zero-order valence-electron chi connectivity index (χ0n) is 10.3. The van der Waals surface area contributed by atoms with E-state index in [4.69, 9.17) is 10.5 Å². The van der Waals surface area contributed by atoms with Crippen LogP contribution >= 0.6 is 0 Å². The summed E-state index contributed by atoms with van der Waals surface area (Å²) in [5.74, 6) is -2.13. The summed E-state index contributed by atoms with van der Waals surface area (Å²) in [6, 6.07) is 2.41. The molecule has 0 spiro atoms. The van der Waals surface area contributed by atoms with E-state index in [-0.39, 0.29) is 18.5 Å². The van der Waals surface area contributed by atoms with Crippen LogP contribution in [0.3, 0.4) is 0 Å². The number of hydrogen-bond acceptors (Lipinski definition) is 3. The molecule has 1 aromatic carbocycles. The molecule has 0 aromatic heterocycles. The van der Waals surface area contributed by atoms with E-state index in [2.05, 4.69) is 5.32 Å². The molecule has 1 atom stereocenters. The molecule has 6 heteroatoms. The monoisotopic (exact) mass is 258 g/mol. The molecule has 0 aliphatic carbocycles. The third kappa shape index (κ3) is 3.48. The fraction of sp³-hybridized carbons (Fsp3) is 0.417. The standard InChI is InChI=1S/C12H16F2N2O2/c1-7-3-4-9(13)12(11(7)14)16-10(17)5-8(6-15)18-2/h3-4,8H,5-6,15H2,1-2H3,(H,16,17). The largest absolute Gasteiger partial charge is 0.380 e. The minimum absolute atomic E-state index is 0.0557. The average molecular weight is 258 g/mol. The van der Waals surface area contributed by atoms with Gasteiger partial charge in [0, 0.05) is 13.7 Å². The highest BCUT2D eigenvalue weighted by Gasteiger charge is 2.17. The number of benzene rings is 1. The summed E-state index contributed by atoms with van der Waals surface area (Å²) >= 11 is 0. The fourth-order valence-corrected chi connectivity index (χ4v) is 1.43. The van der Waals surface area contributed by atoms with Gasteiger partial charge in [-0.2, -0.15) is 0 Å². The van der Waals surface area contributed by atoms with Gasteiger partial charge in [-0.15, -0.1) is 0 Å². The van der Waals surface area contributed by atoms with E-state index in [0.29, 0.717) is 0 Å². The highest BCUT2D eigenvalue weighted by molar-refractivity contribution is 5.91. The molecule has 0 aliphatic rings. The van der Waals surface area contributed by atoms with Crippen LogP contribution in [0.25, 0.3) is 0 Å². The predicted molar refractivity (Wildman–Crippen MR) is 64.2 cm³/mol. The second kappa shape index (κ2) is 6.42. The van der Waals surface area contributed by atoms with Gasteiger partial charge in [0.1, 0.15) is 11.5 Å². The normalized spacial score (nSPS) is 12.3. The minimum Gasteiger partial charge on any atom is -0.380 e. The summed E-state index contributed by atoms with van der Waals surface area (Å²) in [7, 11) is 1.42. The maximum atomic E-state index is 13.6. The lowest BCUT2D eigenvalue weighted by Gasteiger charge is -2.13. The van der Waals surface area contributed by atoms with Gasteiger partial charge >= 0.3 is 0 Å². The number of nitrogens with one attached hydrogen (secondary N) is 1. The van der Waals surface area contributed by atoms with Crippen LogP contribution in [-0.4, -0.2) is 25.7 Å². The van der Waals surface area contributed by atoms with E-state index in [1.54, 1.807) is 0 Å². The number of carbonyl (C=O) groups is 1. The van der Waals surface area contributed by atoms with Crippen LogP contribution in [0.2, 0.25) is 0 Å². The Morgan fingerprint density at radius 3 is 2.72 bits per heavy atom. The Kier molecular flexibility index (Phi) is 5.18. The molecule has 100 valence electrons. The highest BCUT2D eigenvalue weighted by Crippen LogP contribution is 2.21. The predicted octanol–water partition coefficient (Wildman–Crippen LogP) is 1.58. The number of anilines is 1. The van der Waals surface area contributed by atoms with Gasteiger partial charge in [0.2, 0.25) is 5.91 Å². The van der Waals surface area contributed by atoms with Crippen molar-refractivity contribution in [3.63, 3.8) is 0 Å². The van der Waals surface area contributed by atoms with Gasteiger partial charge in [0.15, 0.2) is 5.82 Å².